The number of rotatable bonds is 9. The summed E-state index contributed by atoms with van der Waals surface area (Å²) < 4.78 is 12.9. The van der Waals surface area contributed by atoms with Crippen molar-refractivity contribution in [3.05, 3.63) is 36.3 Å². The van der Waals surface area contributed by atoms with Crippen molar-refractivity contribution < 1.29 is 4.39 Å². The summed E-state index contributed by atoms with van der Waals surface area (Å²) in [5, 5.41) is 3.30. The normalized spacial score (nSPS) is 10.8. The van der Waals surface area contributed by atoms with Crippen molar-refractivity contribution in [2.75, 3.05) is 11.9 Å². The fraction of sp³-hybridized carbons (Fsp3) is 0.471. The Morgan fingerprint density at radius 3 is 2.52 bits per heavy atom. The highest BCUT2D eigenvalue weighted by Gasteiger charge is 2.03. The third-order valence-corrected chi connectivity index (χ3v) is 3.55. The van der Waals surface area contributed by atoms with Crippen LogP contribution >= 0.6 is 0 Å². The molecule has 4 heteroatoms. The number of unbranched alkanes of at least 4 members (excludes halogenated alkanes) is 5. The Hall–Kier alpha value is -1.84. The van der Waals surface area contributed by atoms with Crippen LogP contribution in [0.4, 0.5) is 10.3 Å². The Balaban J connectivity index is 1.72. The van der Waals surface area contributed by atoms with Crippen LogP contribution in [-0.2, 0) is 0 Å². The van der Waals surface area contributed by atoms with E-state index in [1.165, 1.54) is 44.2 Å². The van der Waals surface area contributed by atoms with E-state index in [1.807, 2.05) is 0 Å². The van der Waals surface area contributed by atoms with Crippen molar-refractivity contribution in [1.82, 2.24) is 9.97 Å². The predicted octanol–water partition coefficient (Wildman–Crippen LogP) is 4.99. The van der Waals surface area contributed by atoms with E-state index in [0.29, 0.717) is 0 Å². The van der Waals surface area contributed by atoms with Gasteiger partial charge in [-0.2, -0.15) is 0 Å². The molecule has 1 aromatic carbocycles. The van der Waals surface area contributed by atoms with Crippen molar-refractivity contribution in [2.45, 2.75) is 45.4 Å². The zero-order valence-electron chi connectivity index (χ0n) is 12.7. The number of nitrogens with one attached hydrogen (secondary N) is 2. The van der Waals surface area contributed by atoms with Gasteiger partial charge in [-0.3, -0.25) is 0 Å². The molecule has 0 atom stereocenters. The minimum absolute atomic E-state index is 0.223. The average Bonchev–Trinajstić information content (AvgIpc) is 2.96. The Morgan fingerprint density at radius 1 is 1.05 bits per heavy atom. The number of imidazole rings is 1. The monoisotopic (exact) mass is 289 g/mol. The van der Waals surface area contributed by atoms with Crippen molar-refractivity contribution in [2.24, 2.45) is 0 Å². The van der Waals surface area contributed by atoms with Gasteiger partial charge in [0, 0.05) is 6.54 Å². The largest absolute Gasteiger partial charge is 0.356 e. The van der Waals surface area contributed by atoms with Crippen LogP contribution in [-0.4, -0.2) is 16.5 Å². The molecular formula is C17H24FN3. The maximum absolute atomic E-state index is 12.9. The topological polar surface area (TPSA) is 40.7 Å². The summed E-state index contributed by atoms with van der Waals surface area (Å²) in [7, 11) is 0. The summed E-state index contributed by atoms with van der Waals surface area (Å²) in [5.74, 6) is 0.558. The minimum Gasteiger partial charge on any atom is -0.356 e. The van der Waals surface area contributed by atoms with Gasteiger partial charge >= 0.3 is 0 Å². The van der Waals surface area contributed by atoms with Crippen LogP contribution in [0.2, 0.25) is 0 Å². The molecule has 0 bridgehead atoms. The highest BCUT2D eigenvalue weighted by molar-refractivity contribution is 5.60. The highest BCUT2D eigenvalue weighted by Crippen LogP contribution is 2.18. The van der Waals surface area contributed by atoms with E-state index in [0.717, 1.165) is 30.2 Å². The van der Waals surface area contributed by atoms with Gasteiger partial charge in [0.15, 0.2) is 0 Å². The van der Waals surface area contributed by atoms with Gasteiger partial charge in [0.05, 0.1) is 11.9 Å². The van der Waals surface area contributed by atoms with Crippen molar-refractivity contribution >= 4 is 5.95 Å². The molecule has 0 aliphatic rings. The quantitative estimate of drug-likeness (QED) is 0.639. The molecule has 2 rings (SSSR count). The van der Waals surface area contributed by atoms with E-state index in [9.17, 15) is 4.39 Å². The van der Waals surface area contributed by atoms with Crippen LogP contribution in [0, 0.1) is 5.82 Å². The van der Waals surface area contributed by atoms with Crippen LogP contribution in [0.5, 0.6) is 0 Å². The second kappa shape index (κ2) is 8.45. The zero-order chi connectivity index (χ0) is 14.9. The third kappa shape index (κ3) is 5.21. The molecule has 0 fully saturated rings. The van der Waals surface area contributed by atoms with Gasteiger partial charge in [-0.1, -0.05) is 39.0 Å². The van der Waals surface area contributed by atoms with Gasteiger partial charge in [-0.25, -0.2) is 9.37 Å². The molecule has 0 aliphatic heterocycles. The Morgan fingerprint density at radius 2 is 1.76 bits per heavy atom. The van der Waals surface area contributed by atoms with E-state index in [4.69, 9.17) is 0 Å². The summed E-state index contributed by atoms with van der Waals surface area (Å²) >= 11 is 0. The third-order valence-electron chi connectivity index (χ3n) is 3.55. The number of anilines is 1. The summed E-state index contributed by atoms with van der Waals surface area (Å²) in [5.41, 5.74) is 1.84. The van der Waals surface area contributed by atoms with Crippen molar-refractivity contribution in [3.8, 4) is 11.3 Å². The van der Waals surface area contributed by atoms with Crippen LogP contribution < -0.4 is 5.32 Å². The van der Waals surface area contributed by atoms with Gasteiger partial charge < -0.3 is 10.3 Å². The molecule has 0 saturated carbocycles. The number of halogens is 1. The second-order valence-corrected chi connectivity index (χ2v) is 5.35. The number of hydrogen-bond acceptors (Lipinski definition) is 2. The number of benzene rings is 1. The number of H-pyrrole nitrogens is 1. The molecule has 1 aromatic heterocycles. The Labute approximate surface area is 126 Å². The first-order chi connectivity index (χ1) is 10.3. The van der Waals surface area contributed by atoms with Gasteiger partial charge in [0.2, 0.25) is 5.95 Å². The maximum atomic E-state index is 12.9. The molecule has 2 N–H and O–H groups in total. The fourth-order valence-electron chi connectivity index (χ4n) is 2.30. The van der Waals surface area contributed by atoms with Crippen LogP contribution in [0.1, 0.15) is 45.4 Å². The van der Waals surface area contributed by atoms with E-state index in [1.54, 1.807) is 18.3 Å². The zero-order valence-corrected chi connectivity index (χ0v) is 12.7. The lowest BCUT2D eigenvalue weighted by Gasteiger charge is -2.03. The second-order valence-electron chi connectivity index (χ2n) is 5.35. The molecule has 0 saturated heterocycles. The lowest BCUT2D eigenvalue weighted by molar-refractivity contribution is 0.616. The van der Waals surface area contributed by atoms with Crippen LogP contribution in [0.3, 0.4) is 0 Å². The number of aromatic amines is 1. The van der Waals surface area contributed by atoms with Gasteiger partial charge in [-0.15, -0.1) is 0 Å². The first kappa shape index (κ1) is 15.5. The minimum atomic E-state index is -0.223. The molecule has 3 nitrogen and oxygen atoms in total. The summed E-state index contributed by atoms with van der Waals surface area (Å²) in [4.78, 5) is 7.52. The molecule has 0 spiro atoms. The smallest absolute Gasteiger partial charge is 0.200 e. The number of aromatic nitrogens is 2. The molecule has 2 aromatic rings. The molecule has 0 amide bonds. The van der Waals surface area contributed by atoms with Gasteiger partial charge in [-0.05, 0) is 36.2 Å². The predicted molar refractivity (Wildman–Crippen MR) is 85.8 cm³/mol. The molecular weight excluding hydrogens is 265 g/mol. The number of nitrogens with zero attached hydrogens (tertiary/aromatic N) is 1. The average molecular weight is 289 g/mol. The van der Waals surface area contributed by atoms with E-state index < -0.39 is 0 Å². The first-order valence-electron chi connectivity index (χ1n) is 7.84. The maximum Gasteiger partial charge on any atom is 0.200 e. The lowest BCUT2D eigenvalue weighted by atomic mass is 10.1. The van der Waals surface area contributed by atoms with Crippen LogP contribution in [0.15, 0.2) is 30.5 Å². The highest BCUT2D eigenvalue weighted by atomic mass is 19.1. The SMILES string of the molecule is CCCCCCCCNc1ncc(-c2ccc(F)cc2)[nH]1. The number of hydrogen-bond donors (Lipinski definition) is 2. The Kier molecular flexibility index (Phi) is 6.25. The molecule has 0 unspecified atom stereocenters. The summed E-state index contributed by atoms with van der Waals surface area (Å²) in [6, 6.07) is 6.42. The first-order valence-corrected chi connectivity index (χ1v) is 7.84. The lowest BCUT2D eigenvalue weighted by Crippen LogP contribution is -2.02. The molecule has 21 heavy (non-hydrogen) atoms. The molecule has 0 radical (unpaired) electrons. The van der Waals surface area contributed by atoms with Crippen LogP contribution in [0.25, 0.3) is 11.3 Å². The van der Waals surface area contributed by atoms with E-state index in [2.05, 4.69) is 22.2 Å². The van der Waals surface area contributed by atoms with Crippen molar-refractivity contribution in [1.29, 1.82) is 0 Å². The molecule has 114 valence electrons. The fourth-order valence-corrected chi connectivity index (χ4v) is 2.30. The molecule has 1 heterocycles. The Bertz CT molecular complexity index is 519. The van der Waals surface area contributed by atoms with Gasteiger partial charge in [0.25, 0.3) is 0 Å². The van der Waals surface area contributed by atoms with Crippen molar-refractivity contribution in [3.63, 3.8) is 0 Å². The van der Waals surface area contributed by atoms with E-state index in [-0.39, 0.29) is 5.82 Å². The van der Waals surface area contributed by atoms with Gasteiger partial charge in [0.1, 0.15) is 5.82 Å². The standard InChI is InChI=1S/C17H24FN3/c1-2-3-4-5-6-7-12-19-17-20-13-16(21-17)14-8-10-15(18)11-9-14/h8-11,13H,2-7,12H2,1H3,(H2,19,20,21). The summed E-state index contributed by atoms with van der Waals surface area (Å²) in [6.07, 6.45) is 9.48. The molecule has 0 aliphatic carbocycles. The summed E-state index contributed by atoms with van der Waals surface area (Å²) in [6.45, 7) is 3.17. The van der Waals surface area contributed by atoms with E-state index >= 15 is 0 Å².